The molecule has 0 radical (unpaired) electrons. The highest BCUT2D eigenvalue weighted by Gasteiger charge is 2.52. The Balaban J connectivity index is 1.56. The van der Waals surface area contributed by atoms with Gasteiger partial charge < -0.3 is 74.4 Å². The molecule has 2 fully saturated rings. The lowest BCUT2D eigenvalue weighted by atomic mass is 9.97. The van der Waals surface area contributed by atoms with Crippen LogP contribution in [0.25, 0.3) is 6.08 Å². The Hall–Kier alpha value is -3.55. The van der Waals surface area contributed by atoms with Crippen molar-refractivity contribution < 1.29 is 79.2 Å². The smallest absolute Gasteiger partial charge is 0.331 e. The molecule has 46 heavy (non-hydrogen) atoms. The van der Waals surface area contributed by atoms with Gasteiger partial charge in [0.05, 0.1) is 19.3 Å². The molecule has 2 aliphatic rings. The Morgan fingerprint density at radius 2 is 1.52 bits per heavy atom. The van der Waals surface area contributed by atoms with Gasteiger partial charge in [-0.05, 0) is 48.4 Å². The van der Waals surface area contributed by atoms with E-state index in [9.17, 15) is 50.8 Å². The van der Waals surface area contributed by atoms with Crippen molar-refractivity contribution in [1.29, 1.82) is 0 Å². The second kappa shape index (κ2) is 15.4. The van der Waals surface area contributed by atoms with E-state index >= 15 is 0 Å². The van der Waals surface area contributed by atoms with E-state index < -0.39 is 91.6 Å². The number of carbonyl (C=O) groups excluding carboxylic acids is 1. The summed E-state index contributed by atoms with van der Waals surface area (Å²) in [6.45, 7) is 0.351. The van der Waals surface area contributed by atoms with E-state index in [1.54, 1.807) is 0 Å². The lowest BCUT2D eigenvalue weighted by Gasteiger charge is -2.46. The lowest BCUT2D eigenvalue weighted by molar-refractivity contribution is -0.358. The molecule has 16 nitrogen and oxygen atoms in total. The number of carbonyl (C=O) groups is 1. The van der Waals surface area contributed by atoms with Gasteiger partial charge in [0.25, 0.3) is 0 Å². The summed E-state index contributed by atoms with van der Waals surface area (Å²) in [6, 6.07) is 7.77. The van der Waals surface area contributed by atoms with Crippen molar-refractivity contribution >= 4 is 12.0 Å². The molecule has 0 amide bonds. The first-order chi connectivity index (χ1) is 21.8. The van der Waals surface area contributed by atoms with Gasteiger partial charge in [0.1, 0.15) is 42.7 Å². The van der Waals surface area contributed by atoms with Gasteiger partial charge in [0.2, 0.25) is 0 Å². The molecule has 2 heterocycles. The summed E-state index contributed by atoms with van der Waals surface area (Å²) >= 11 is 0. The van der Waals surface area contributed by atoms with Crippen LogP contribution < -0.4 is 0 Å². The molecule has 2 aromatic carbocycles. The molecule has 4 rings (SSSR count). The summed E-state index contributed by atoms with van der Waals surface area (Å²) in [4.78, 5) is 12.9. The molecule has 254 valence electrons. The Morgan fingerprint density at radius 1 is 0.848 bits per heavy atom. The van der Waals surface area contributed by atoms with Crippen molar-refractivity contribution in [1.82, 2.24) is 0 Å². The highest BCUT2D eigenvalue weighted by Crippen LogP contribution is 2.33. The first kappa shape index (κ1) is 35.3. The number of methoxy groups -OCH3 is 1. The third kappa shape index (κ3) is 8.05. The average molecular weight is 655 g/mol. The molecular formula is C30H38O16. The van der Waals surface area contributed by atoms with E-state index in [-0.39, 0.29) is 18.1 Å². The van der Waals surface area contributed by atoms with Crippen molar-refractivity contribution in [2.75, 3.05) is 20.3 Å². The number of hydrogen-bond acceptors (Lipinski definition) is 16. The van der Waals surface area contributed by atoms with Crippen molar-refractivity contribution in [3.05, 3.63) is 53.6 Å². The largest absolute Gasteiger partial charge is 0.504 e. The summed E-state index contributed by atoms with van der Waals surface area (Å²) in [7, 11) is 1.35. The van der Waals surface area contributed by atoms with E-state index in [2.05, 4.69) is 0 Å². The van der Waals surface area contributed by atoms with Crippen LogP contribution in [0.1, 0.15) is 24.2 Å². The van der Waals surface area contributed by atoms with Crippen molar-refractivity contribution in [3.8, 4) is 23.0 Å². The lowest BCUT2D eigenvalue weighted by Crippen LogP contribution is -2.65. The molecule has 16 heteroatoms. The number of benzene rings is 2. The number of hydrogen-bond donors (Lipinski definition) is 9. The highest BCUT2D eigenvalue weighted by atomic mass is 16.7. The van der Waals surface area contributed by atoms with Crippen LogP contribution in [0.2, 0.25) is 0 Å². The second-order valence-corrected chi connectivity index (χ2v) is 10.8. The van der Waals surface area contributed by atoms with E-state index in [1.165, 1.54) is 56.5 Å². The molecule has 2 aliphatic heterocycles. The van der Waals surface area contributed by atoms with Gasteiger partial charge in [0, 0.05) is 13.2 Å². The van der Waals surface area contributed by atoms with Gasteiger partial charge >= 0.3 is 5.97 Å². The van der Waals surface area contributed by atoms with Crippen LogP contribution >= 0.6 is 0 Å². The number of ether oxygens (including phenoxy) is 6. The predicted molar refractivity (Wildman–Crippen MR) is 153 cm³/mol. The Kier molecular flexibility index (Phi) is 11.8. The number of aliphatic hydroxyl groups is 5. The third-order valence-electron chi connectivity index (χ3n) is 7.63. The van der Waals surface area contributed by atoms with Gasteiger partial charge in [-0.25, -0.2) is 4.79 Å². The minimum Gasteiger partial charge on any atom is -0.504 e. The number of esters is 1. The van der Waals surface area contributed by atoms with E-state index in [1.807, 2.05) is 0 Å². The molecule has 2 aromatic rings. The molecule has 0 aromatic heterocycles. The van der Waals surface area contributed by atoms with Crippen LogP contribution in [0.5, 0.6) is 23.0 Å². The number of phenolic OH excluding ortho intramolecular Hbond substituents is 4. The maximum atomic E-state index is 12.9. The minimum absolute atomic E-state index is 0.287. The van der Waals surface area contributed by atoms with Crippen LogP contribution in [-0.4, -0.2) is 134 Å². The predicted octanol–water partition coefficient (Wildman–Crippen LogP) is -0.871. The van der Waals surface area contributed by atoms with Gasteiger partial charge in [-0.2, -0.15) is 0 Å². The zero-order valence-electron chi connectivity index (χ0n) is 24.8. The summed E-state index contributed by atoms with van der Waals surface area (Å²) in [5.74, 6) is -2.56. The molecule has 0 bridgehead atoms. The van der Waals surface area contributed by atoms with E-state index in [4.69, 9.17) is 28.4 Å². The quantitative estimate of drug-likeness (QED) is 0.0811. The molecule has 2 saturated heterocycles. The number of rotatable bonds is 11. The topological polar surface area (TPSA) is 255 Å². The monoisotopic (exact) mass is 654 g/mol. The van der Waals surface area contributed by atoms with Gasteiger partial charge in [-0.15, -0.1) is 0 Å². The Morgan fingerprint density at radius 3 is 2.15 bits per heavy atom. The number of aromatic hydroxyl groups is 4. The zero-order chi connectivity index (χ0) is 33.7. The molecule has 0 saturated carbocycles. The Labute approximate surface area is 262 Å². The van der Waals surface area contributed by atoms with Gasteiger partial charge in [-0.3, -0.25) is 0 Å². The van der Waals surface area contributed by atoms with Crippen LogP contribution in [0.15, 0.2) is 42.5 Å². The minimum atomic E-state index is -1.80. The molecule has 11 atom stereocenters. The first-order valence-corrected chi connectivity index (χ1v) is 14.2. The summed E-state index contributed by atoms with van der Waals surface area (Å²) in [6.07, 6.45) is -14.1. The molecule has 0 aliphatic carbocycles. The summed E-state index contributed by atoms with van der Waals surface area (Å²) < 4.78 is 33.8. The van der Waals surface area contributed by atoms with Gasteiger partial charge in [-0.1, -0.05) is 12.1 Å². The SMILES string of the molecule is CO[C@H](CO[C@@H]1O[C@H](CO)[C@@H](OC(=O)/C=C/c2ccc(O)c(O)c2)[C@H](O[C@@H]2O[C@H](C)[C@@H](O)[C@H](O)[C@H]2O)[C@H]1O)c1ccc(O)c(O)c1. The van der Waals surface area contributed by atoms with Crippen LogP contribution in [-0.2, 0) is 33.2 Å². The maximum absolute atomic E-state index is 12.9. The number of phenols is 4. The fourth-order valence-corrected chi connectivity index (χ4v) is 4.96. The van der Waals surface area contributed by atoms with Gasteiger partial charge in [0.15, 0.2) is 41.7 Å². The van der Waals surface area contributed by atoms with E-state index in [0.717, 1.165) is 6.08 Å². The normalized spacial score (nSPS) is 32.3. The van der Waals surface area contributed by atoms with E-state index in [0.29, 0.717) is 11.1 Å². The molecule has 0 unspecified atom stereocenters. The second-order valence-electron chi connectivity index (χ2n) is 10.8. The van der Waals surface area contributed by atoms with Crippen LogP contribution in [0, 0.1) is 0 Å². The zero-order valence-corrected chi connectivity index (χ0v) is 24.8. The average Bonchev–Trinajstić information content (AvgIpc) is 3.03. The third-order valence-corrected chi connectivity index (χ3v) is 7.63. The maximum Gasteiger partial charge on any atom is 0.331 e. The summed E-state index contributed by atoms with van der Waals surface area (Å²) in [5, 5.41) is 91.2. The standard InChI is InChI=1S/C30H38O16/c1-13-23(37)24(38)25(39)30(43-13)46-28-26(40)29(42-12-21(41-2)15-5-7-17(33)19(35)10-15)44-20(11-31)27(28)45-22(36)8-4-14-3-6-16(32)18(34)9-14/h3-10,13,20-21,23-35,37-40H,11-12H2,1-2H3/b8-4+/t13-,20-,21-,23-,24+,25-,26-,27-,28-,29-,30+/m1/s1. The highest BCUT2D eigenvalue weighted by molar-refractivity contribution is 5.87. The van der Waals surface area contributed by atoms with Crippen LogP contribution in [0.4, 0.5) is 0 Å². The fourth-order valence-electron chi connectivity index (χ4n) is 4.96. The van der Waals surface area contributed by atoms with Crippen molar-refractivity contribution in [3.63, 3.8) is 0 Å². The van der Waals surface area contributed by atoms with Crippen molar-refractivity contribution in [2.45, 2.75) is 74.4 Å². The summed E-state index contributed by atoms with van der Waals surface area (Å²) in [5.41, 5.74) is 0.720. The molecular weight excluding hydrogens is 616 g/mol. The van der Waals surface area contributed by atoms with Crippen molar-refractivity contribution in [2.24, 2.45) is 0 Å². The number of aliphatic hydroxyl groups excluding tert-OH is 5. The first-order valence-electron chi connectivity index (χ1n) is 14.2. The fraction of sp³-hybridized carbons (Fsp3) is 0.500. The molecule has 0 spiro atoms. The molecule has 9 N–H and O–H groups in total. The van der Waals surface area contributed by atoms with Crippen LogP contribution in [0.3, 0.4) is 0 Å². The Bertz CT molecular complexity index is 1350.